The summed E-state index contributed by atoms with van der Waals surface area (Å²) in [7, 11) is -5.10. The molecule has 0 heterocycles. The molecule has 1 aromatic carbocycles. The van der Waals surface area contributed by atoms with Crippen LogP contribution in [0.1, 0.15) is 22.8 Å². The van der Waals surface area contributed by atoms with Gasteiger partial charge in [0, 0.05) is 0 Å². The van der Waals surface area contributed by atoms with Crippen LogP contribution < -0.4 is 4.18 Å². The first kappa shape index (κ1) is 11.6. The van der Waals surface area contributed by atoms with Gasteiger partial charge in [0.2, 0.25) is 0 Å². The molecular weight excluding hydrogens is 223 g/mol. The zero-order valence-electron chi connectivity index (χ0n) is 8.15. The molecule has 0 aliphatic carbocycles. The van der Waals surface area contributed by atoms with Crippen molar-refractivity contribution in [1.82, 2.24) is 0 Å². The summed E-state index contributed by atoms with van der Waals surface area (Å²) in [4.78, 5) is 11.1. The topological polar surface area (TPSA) is 60.4 Å². The fourth-order valence-electron chi connectivity index (χ4n) is 1.10. The van der Waals surface area contributed by atoms with Crippen LogP contribution in [0.2, 0.25) is 0 Å². The lowest BCUT2D eigenvalue weighted by Crippen LogP contribution is -2.06. The quantitative estimate of drug-likeness (QED) is 0.588. The number of carbonyl (C=O) groups excluding carboxylic acids is 1. The molecular formula is C9H9FO4S. The van der Waals surface area contributed by atoms with Gasteiger partial charge in [0.15, 0.2) is 11.5 Å². The van der Waals surface area contributed by atoms with E-state index in [-0.39, 0.29) is 11.3 Å². The summed E-state index contributed by atoms with van der Waals surface area (Å²) in [5.41, 5.74) is 0.695. The van der Waals surface area contributed by atoms with Crippen LogP contribution >= 0.6 is 0 Å². The number of ketones is 1. The van der Waals surface area contributed by atoms with Crippen molar-refractivity contribution in [2.24, 2.45) is 0 Å². The van der Waals surface area contributed by atoms with Gasteiger partial charge in [-0.3, -0.25) is 4.79 Å². The van der Waals surface area contributed by atoms with Crippen LogP contribution in [0.4, 0.5) is 3.89 Å². The van der Waals surface area contributed by atoms with Gasteiger partial charge < -0.3 is 4.18 Å². The molecule has 0 unspecified atom stereocenters. The first-order valence-corrected chi connectivity index (χ1v) is 5.36. The molecule has 0 aliphatic rings. The zero-order valence-corrected chi connectivity index (χ0v) is 8.97. The Balaban J connectivity index is 3.25. The summed E-state index contributed by atoms with van der Waals surface area (Å²) in [6, 6.07) is 4.28. The number of Topliss-reactive ketones (excluding diaryl/α,β-unsaturated/α-hetero) is 1. The maximum atomic E-state index is 12.3. The van der Waals surface area contributed by atoms with Gasteiger partial charge in [-0.15, -0.1) is 0 Å². The molecule has 0 atom stereocenters. The summed E-state index contributed by atoms with van der Waals surface area (Å²) < 4.78 is 36.9. The van der Waals surface area contributed by atoms with Gasteiger partial charge in [-0.05, 0) is 31.5 Å². The maximum absolute atomic E-state index is 12.3. The van der Waals surface area contributed by atoms with E-state index in [1.54, 1.807) is 13.0 Å². The molecule has 0 aliphatic heterocycles. The van der Waals surface area contributed by atoms with E-state index < -0.39 is 16.3 Å². The maximum Gasteiger partial charge on any atom is 0.488 e. The molecule has 0 spiro atoms. The van der Waals surface area contributed by atoms with E-state index in [1.807, 2.05) is 0 Å². The molecule has 6 heteroatoms. The Kier molecular flexibility index (Phi) is 3.09. The normalized spacial score (nSPS) is 11.1. The molecule has 0 aromatic heterocycles. The molecule has 0 fully saturated rings. The van der Waals surface area contributed by atoms with Crippen LogP contribution in [-0.4, -0.2) is 14.2 Å². The molecule has 82 valence electrons. The standard InChI is InChI=1S/C9H9FO4S/c1-6-3-4-8(7(2)11)9(5-6)14-15(10,12)13/h3-5H,1-2H3. The first-order chi connectivity index (χ1) is 6.79. The van der Waals surface area contributed by atoms with E-state index in [1.165, 1.54) is 19.1 Å². The van der Waals surface area contributed by atoms with E-state index in [4.69, 9.17) is 0 Å². The highest BCUT2D eigenvalue weighted by molar-refractivity contribution is 7.81. The van der Waals surface area contributed by atoms with Crippen molar-refractivity contribution >= 4 is 16.3 Å². The minimum atomic E-state index is -5.10. The van der Waals surface area contributed by atoms with Crippen LogP contribution in [0.5, 0.6) is 5.75 Å². The van der Waals surface area contributed by atoms with Crippen LogP contribution in [0.15, 0.2) is 18.2 Å². The lowest BCUT2D eigenvalue weighted by molar-refractivity contribution is 0.101. The third-order valence-electron chi connectivity index (χ3n) is 1.71. The molecule has 0 radical (unpaired) electrons. The molecule has 1 rings (SSSR count). The minimum absolute atomic E-state index is 0.0295. The highest BCUT2D eigenvalue weighted by Gasteiger charge is 2.15. The van der Waals surface area contributed by atoms with Crippen LogP contribution in [-0.2, 0) is 10.5 Å². The number of aryl methyl sites for hydroxylation is 1. The Bertz CT molecular complexity index is 493. The summed E-state index contributed by atoms with van der Waals surface area (Å²) in [6.07, 6.45) is 0. The lowest BCUT2D eigenvalue weighted by Gasteiger charge is -2.05. The zero-order chi connectivity index (χ0) is 11.6. The number of carbonyl (C=O) groups is 1. The van der Waals surface area contributed by atoms with Gasteiger partial charge in [0.05, 0.1) is 5.56 Å². The Hall–Kier alpha value is -1.43. The smallest absolute Gasteiger partial charge is 0.358 e. The van der Waals surface area contributed by atoms with E-state index in [2.05, 4.69) is 4.18 Å². The molecule has 0 N–H and O–H groups in total. The predicted molar refractivity (Wildman–Crippen MR) is 51.8 cm³/mol. The van der Waals surface area contributed by atoms with Crippen LogP contribution in [0.25, 0.3) is 0 Å². The fourth-order valence-corrected chi connectivity index (χ4v) is 1.45. The molecule has 0 bridgehead atoms. The Morgan fingerprint density at radius 3 is 2.47 bits per heavy atom. The van der Waals surface area contributed by atoms with Gasteiger partial charge in [-0.2, -0.15) is 8.42 Å². The highest BCUT2D eigenvalue weighted by atomic mass is 32.3. The second-order valence-electron chi connectivity index (χ2n) is 3.03. The monoisotopic (exact) mass is 232 g/mol. The van der Waals surface area contributed by atoms with Crippen molar-refractivity contribution < 1.29 is 21.3 Å². The SMILES string of the molecule is CC(=O)c1ccc(C)cc1OS(=O)(=O)F. The number of hydrogen-bond acceptors (Lipinski definition) is 4. The van der Waals surface area contributed by atoms with Crippen molar-refractivity contribution in [1.29, 1.82) is 0 Å². The largest absolute Gasteiger partial charge is 0.488 e. The van der Waals surface area contributed by atoms with Crippen LogP contribution in [0, 0.1) is 6.92 Å². The number of hydrogen-bond donors (Lipinski definition) is 0. The molecule has 0 saturated heterocycles. The van der Waals surface area contributed by atoms with Gasteiger partial charge in [0.25, 0.3) is 0 Å². The summed E-state index contributed by atoms with van der Waals surface area (Å²) in [6.45, 7) is 2.91. The second kappa shape index (κ2) is 3.98. The first-order valence-electron chi connectivity index (χ1n) is 4.05. The third kappa shape index (κ3) is 3.32. The Labute approximate surface area is 87.1 Å². The number of benzene rings is 1. The molecule has 0 saturated carbocycles. The van der Waals surface area contributed by atoms with Gasteiger partial charge in [0.1, 0.15) is 0 Å². The summed E-state index contributed by atoms with van der Waals surface area (Å²) in [5.74, 6) is -0.682. The van der Waals surface area contributed by atoms with Gasteiger partial charge >= 0.3 is 10.5 Å². The van der Waals surface area contributed by atoms with Crippen molar-refractivity contribution in [2.45, 2.75) is 13.8 Å². The fraction of sp³-hybridized carbons (Fsp3) is 0.222. The van der Waals surface area contributed by atoms with Crippen molar-refractivity contribution in [2.75, 3.05) is 0 Å². The van der Waals surface area contributed by atoms with Crippen molar-refractivity contribution in [3.05, 3.63) is 29.3 Å². The molecule has 0 amide bonds. The average molecular weight is 232 g/mol. The van der Waals surface area contributed by atoms with E-state index in [0.717, 1.165) is 0 Å². The Morgan fingerprint density at radius 1 is 1.40 bits per heavy atom. The lowest BCUT2D eigenvalue weighted by atomic mass is 10.1. The summed E-state index contributed by atoms with van der Waals surface area (Å²) in [5, 5.41) is 0. The molecule has 15 heavy (non-hydrogen) atoms. The third-order valence-corrected chi connectivity index (χ3v) is 2.08. The van der Waals surface area contributed by atoms with E-state index >= 15 is 0 Å². The van der Waals surface area contributed by atoms with Gasteiger partial charge in [-0.25, -0.2) is 0 Å². The van der Waals surface area contributed by atoms with Crippen LogP contribution in [0.3, 0.4) is 0 Å². The van der Waals surface area contributed by atoms with E-state index in [9.17, 15) is 17.1 Å². The molecule has 4 nitrogen and oxygen atoms in total. The predicted octanol–water partition coefficient (Wildman–Crippen LogP) is 1.79. The Morgan fingerprint density at radius 2 is 2.00 bits per heavy atom. The van der Waals surface area contributed by atoms with Gasteiger partial charge in [-0.1, -0.05) is 9.95 Å². The highest BCUT2D eigenvalue weighted by Crippen LogP contribution is 2.22. The number of halogens is 1. The second-order valence-corrected chi connectivity index (χ2v) is 3.99. The molecule has 1 aromatic rings. The average Bonchev–Trinajstić information content (AvgIpc) is 1.99. The minimum Gasteiger partial charge on any atom is -0.358 e. The number of rotatable bonds is 3. The van der Waals surface area contributed by atoms with Crippen molar-refractivity contribution in [3.63, 3.8) is 0 Å². The summed E-state index contributed by atoms with van der Waals surface area (Å²) >= 11 is 0. The van der Waals surface area contributed by atoms with E-state index in [0.29, 0.717) is 5.56 Å². The van der Waals surface area contributed by atoms with Crippen molar-refractivity contribution in [3.8, 4) is 5.75 Å².